The number of anilines is 1. The number of aromatic nitrogens is 2. The number of hydrogen-bond acceptors (Lipinski definition) is 6. The molecule has 2 aromatic carbocycles. The molecule has 0 aliphatic carbocycles. The summed E-state index contributed by atoms with van der Waals surface area (Å²) in [6.07, 6.45) is 3.20. The number of benzene rings is 2. The molecule has 220 valence electrons. The lowest BCUT2D eigenvalue weighted by Crippen LogP contribution is -2.57. The van der Waals surface area contributed by atoms with E-state index in [1.165, 1.54) is 0 Å². The van der Waals surface area contributed by atoms with Crippen LogP contribution in [0.3, 0.4) is 0 Å². The molecule has 1 aromatic heterocycles. The van der Waals surface area contributed by atoms with Crippen LogP contribution in [0.15, 0.2) is 52.5 Å². The lowest BCUT2D eigenvalue weighted by Gasteiger charge is -2.38. The molecule has 2 fully saturated rings. The minimum atomic E-state index is -0.0756. The molecular weight excluding hydrogens is 561 g/mol. The average molecular weight is 601 g/mol. The fraction of sp³-hybridized carbons (Fsp3) is 0.500. The first-order chi connectivity index (χ1) is 19.9. The Labute approximate surface area is 251 Å². The van der Waals surface area contributed by atoms with Gasteiger partial charge in [0, 0.05) is 73.6 Å². The third-order valence-corrected chi connectivity index (χ3v) is 8.16. The first-order valence-electron chi connectivity index (χ1n) is 14.4. The smallest absolute Gasteiger partial charge is 0.261 e. The summed E-state index contributed by atoms with van der Waals surface area (Å²) in [5.74, 6) is 0.861. The maximum Gasteiger partial charge on any atom is 0.261 e. The molecule has 5 rings (SSSR count). The molecule has 11 heteroatoms. The SMILES string of the molecule is C[C@@H]1CN(/C(=N\CCCN2CCOCC2)Nc2ccc3c(=O)n(CCc4ccc(Cl)cc4Cl)cnc3c2)C[C@H](C)N1. The second-order valence-corrected chi connectivity index (χ2v) is 11.8. The summed E-state index contributed by atoms with van der Waals surface area (Å²) in [6, 6.07) is 11.8. The highest BCUT2D eigenvalue weighted by molar-refractivity contribution is 6.35. The van der Waals surface area contributed by atoms with Gasteiger partial charge in [0.2, 0.25) is 0 Å². The third kappa shape index (κ3) is 7.99. The van der Waals surface area contributed by atoms with Gasteiger partial charge in [-0.2, -0.15) is 0 Å². The van der Waals surface area contributed by atoms with Crippen molar-refractivity contribution in [1.82, 2.24) is 24.7 Å². The number of nitrogens with zero attached hydrogens (tertiary/aromatic N) is 5. The lowest BCUT2D eigenvalue weighted by molar-refractivity contribution is 0.0377. The van der Waals surface area contributed by atoms with E-state index in [-0.39, 0.29) is 5.56 Å². The topological polar surface area (TPSA) is 87.0 Å². The quantitative estimate of drug-likeness (QED) is 0.229. The molecule has 0 bridgehead atoms. The van der Waals surface area contributed by atoms with E-state index in [4.69, 9.17) is 32.9 Å². The second-order valence-electron chi connectivity index (χ2n) is 11.0. The number of rotatable bonds is 8. The number of fused-ring (bicyclic) bond motifs is 1. The summed E-state index contributed by atoms with van der Waals surface area (Å²) < 4.78 is 7.10. The number of guanidine groups is 1. The van der Waals surface area contributed by atoms with Gasteiger partial charge in [0.25, 0.3) is 5.56 Å². The van der Waals surface area contributed by atoms with Crippen molar-refractivity contribution < 1.29 is 4.74 Å². The number of ether oxygens (including phenoxy) is 1. The van der Waals surface area contributed by atoms with Crippen molar-refractivity contribution in [3.8, 4) is 0 Å². The van der Waals surface area contributed by atoms with Gasteiger partial charge in [0.1, 0.15) is 0 Å². The maximum atomic E-state index is 13.2. The summed E-state index contributed by atoms with van der Waals surface area (Å²) >= 11 is 12.3. The van der Waals surface area contributed by atoms with Crippen molar-refractivity contribution in [3.05, 3.63) is 68.7 Å². The van der Waals surface area contributed by atoms with Crippen LogP contribution in [0.25, 0.3) is 10.9 Å². The second kappa shape index (κ2) is 14.0. The molecule has 0 radical (unpaired) electrons. The van der Waals surface area contributed by atoms with E-state index in [1.807, 2.05) is 30.3 Å². The Morgan fingerprint density at radius 3 is 2.63 bits per heavy atom. The maximum absolute atomic E-state index is 13.2. The molecule has 0 saturated carbocycles. The first-order valence-corrected chi connectivity index (χ1v) is 15.2. The standard InChI is InChI=1S/C30H39Cl2N7O2/c1-21-18-39(19-22(2)35-21)30(33-9-3-10-37-12-14-41-15-13-37)36-25-6-7-26-28(17-25)34-20-38(29(26)40)11-8-23-4-5-24(31)16-27(23)32/h4-7,16-17,20-22,35H,3,8-15,18-19H2,1-2H3,(H,33,36)/t21-,22+. The van der Waals surface area contributed by atoms with Gasteiger partial charge in [-0.3, -0.25) is 19.3 Å². The number of piperazine rings is 1. The highest BCUT2D eigenvalue weighted by Crippen LogP contribution is 2.22. The fourth-order valence-electron chi connectivity index (χ4n) is 5.51. The summed E-state index contributed by atoms with van der Waals surface area (Å²) in [5.41, 5.74) is 2.37. The molecule has 2 saturated heterocycles. The Balaban J connectivity index is 1.29. The normalized spacial score (nSPS) is 20.5. The highest BCUT2D eigenvalue weighted by atomic mass is 35.5. The number of hydrogen-bond donors (Lipinski definition) is 2. The zero-order chi connectivity index (χ0) is 28.8. The number of morpholine rings is 1. The zero-order valence-electron chi connectivity index (χ0n) is 23.8. The van der Waals surface area contributed by atoms with Crippen LogP contribution in [0.5, 0.6) is 0 Å². The van der Waals surface area contributed by atoms with Gasteiger partial charge in [-0.25, -0.2) is 4.98 Å². The number of aliphatic imine (C=N–C) groups is 1. The van der Waals surface area contributed by atoms with Crippen molar-refractivity contribution in [1.29, 1.82) is 0 Å². The van der Waals surface area contributed by atoms with Crippen molar-refractivity contribution in [2.45, 2.75) is 45.3 Å². The minimum Gasteiger partial charge on any atom is -0.379 e. The third-order valence-electron chi connectivity index (χ3n) is 7.57. The average Bonchev–Trinajstić information content (AvgIpc) is 2.95. The minimum absolute atomic E-state index is 0.0756. The number of nitrogens with one attached hydrogen (secondary N) is 2. The van der Waals surface area contributed by atoms with Crippen LogP contribution >= 0.6 is 23.2 Å². The van der Waals surface area contributed by atoms with E-state index in [2.05, 4.69) is 39.3 Å². The van der Waals surface area contributed by atoms with E-state index in [1.54, 1.807) is 17.0 Å². The summed E-state index contributed by atoms with van der Waals surface area (Å²) in [5, 5.41) is 8.92. The van der Waals surface area contributed by atoms with Crippen molar-refractivity contribution in [2.24, 2.45) is 4.99 Å². The van der Waals surface area contributed by atoms with E-state index < -0.39 is 0 Å². The van der Waals surface area contributed by atoms with E-state index in [9.17, 15) is 4.79 Å². The van der Waals surface area contributed by atoms with Crippen LogP contribution in [0, 0.1) is 0 Å². The Morgan fingerprint density at radius 1 is 1.10 bits per heavy atom. The van der Waals surface area contributed by atoms with Crippen molar-refractivity contribution in [2.75, 3.05) is 57.8 Å². The molecule has 2 aliphatic rings. The van der Waals surface area contributed by atoms with Crippen LogP contribution in [0.2, 0.25) is 10.0 Å². The van der Waals surface area contributed by atoms with Gasteiger partial charge >= 0.3 is 0 Å². The van der Waals surface area contributed by atoms with Gasteiger partial charge in [0.05, 0.1) is 30.4 Å². The largest absolute Gasteiger partial charge is 0.379 e. The van der Waals surface area contributed by atoms with Crippen LogP contribution in [-0.4, -0.2) is 89.9 Å². The molecule has 3 aromatic rings. The Hall–Kier alpha value is -2.69. The Bertz CT molecular complexity index is 1410. The summed E-state index contributed by atoms with van der Waals surface area (Å²) in [4.78, 5) is 27.6. The van der Waals surface area contributed by atoms with Gasteiger partial charge in [-0.15, -0.1) is 0 Å². The van der Waals surface area contributed by atoms with Crippen molar-refractivity contribution in [3.63, 3.8) is 0 Å². The van der Waals surface area contributed by atoms with Gasteiger partial charge in [0.15, 0.2) is 5.96 Å². The molecule has 2 atom stereocenters. The molecule has 2 aliphatic heterocycles. The number of aryl methyl sites for hydroxylation is 2. The van der Waals surface area contributed by atoms with E-state index in [0.717, 1.165) is 76.1 Å². The lowest BCUT2D eigenvalue weighted by atomic mass is 10.1. The zero-order valence-corrected chi connectivity index (χ0v) is 25.3. The molecule has 0 amide bonds. The molecule has 2 N–H and O–H groups in total. The summed E-state index contributed by atoms with van der Waals surface area (Å²) in [7, 11) is 0. The summed E-state index contributed by atoms with van der Waals surface area (Å²) in [6.45, 7) is 12.0. The van der Waals surface area contributed by atoms with Crippen LogP contribution in [0.4, 0.5) is 5.69 Å². The predicted molar refractivity (Wildman–Crippen MR) is 168 cm³/mol. The van der Waals surface area contributed by atoms with Gasteiger partial charge in [-0.1, -0.05) is 29.3 Å². The van der Waals surface area contributed by atoms with E-state index in [0.29, 0.717) is 46.0 Å². The predicted octanol–water partition coefficient (Wildman–Crippen LogP) is 4.12. The molecular formula is C30H39Cl2N7O2. The van der Waals surface area contributed by atoms with Crippen LogP contribution in [-0.2, 0) is 17.7 Å². The van der Waals surface area contributed by atoms with Gasteiger partial charge < -0.3 is 20.3 Å². The Kier molecular flexibility index (Phi) is 10.2. The molecule has 41 heavy (non-hydrogen) atoms. The molecule has 0 spiro atoms. The molecule has 3 heterocycles. The van der Waals surface area contributed by atoms with Crippen molar-refractivity contribution >= 4 is 45.8 Å². The van der Waals surface area contributed by atoms with Crippen LogP contribution in [0.1, 0.15) is 25.8 Å². The first kappa shape index (κ1) is 29.8. The molecule has 0 unspecified atom stereocenters. The number of halogens is 2. The highest BCUT2D eigenvalue weighted by Gasteiger charge is 2.24. The fourth-order valence-corrected chi connectivity index (χ4v) is 6.02. The van der Waals surface area contributed by atoms with Gasteiger partial charge in [-0.05, 0) is 62.6 Å². The monoisotopic (exact) mass is 599 g/mol. The molecule has 9 nitrogen and oxygen atoms in total. The van der Waals surface area contributed by atoms with Crippen LogP contribution < -0.4 is 16.2 Å². The Morgan fingerprint density at radius 2 is 1.88 bits per heavy atom. The van der Waals surface area contributed by atoms with E-state index >= 15 is 0 Å².